The number of hydrogen-bond acceptors (Lipinski definition) is 6. The number of hydrogen-bond donors (Lipinski definition) is 0. The van der Waals surface area contributed by atoms with Gasteiger partial charge in [0.25, 0.3) is 0 Å². The molecule has 0 bridgehead atoms. The SMILES string of the molecule is COC(=O)c1c(C)nc(-c2nccs2)nc1-c1ccc(F)cc1Cl. The van der Waals surface area contributed by atoms with E-state index in [2.05, 4.69) is 15.0 Å². The Morgan fingerprint density at radius 1 is 1.33 bits per heavy atom. The Morgan fingerprint density at radius 3 is 2.75 bits per heavy atom. The second-order valence-electron chi connectivity index (χ2n) is 4.81. The van der Waals surface area contributed by atoms with E-state index in [0.29, 0.717) is 22.1 Å². The minimum absolute atomic E-state index is 0.142. The number of nitrogens with zero attached hydrogens (tertiary/aromatic N) is 3. The number of rotatable bonds is 3. The molecule has 2 aromatic heterocycles. The standard InChI is InChI=1S/C16H11ClFN3O2S/c1-8-12(16(22)23-2)13(10-4-3-9(18)7-11(10)17)21-14(20-8)15-19-5-6-24-15/h3-7H,1-2H3. The number of carbonyl (C=O) groups excluding carboxylic acids is 1. The Balaban J connectivity index is 2.29. The molecule has 0 aliphatic heterocycles. The maximum absolute atomic E-state index is 13.4. The van der Waals surface area contributed by atoms with Crippen molar-refractivity contribution in [2.24, 2.45) is 0 Å². The lowest BCUT2D eigenvalue weighted by Crippen LogP contribution is -2.11. The molecule has 0 saturated carbocycles. The summed E-state index contributed by atoms with van der Waals surface area (Å²) in [5.74, 6) is -0.701. The number of halogens is 2. The van der Waals surface area contributed by atoms with Gasteiger partial charge in [-0.3, -0.25) is 0 Å². The molecule has 1 aromatic carbocycles. The summed E-state index contributed by atoms with van der Waals surface area (Å²) in [4.78, 5) is 25.1. The summed E-state index contributed by atoms with van der Waals surface area (Å²) < 4.78 is 18.2. The summed E-state index contributed by atoms with van der Waals surface area (Å²) in [5.41, 5.74) is 1.31. The molecule has 0 fully saturated rings. The van der Waals surface area contributed by atoms with Crippen LogP contribution in [-0.2, 0) is 4.74 Å². The number of thiazole rings is 1. The molecule has 0 aliphatic rings. The number of esters is 1. The maximum Gasteiger partial charge on any atom is 0.341 e. The first-order valence-corrected chi connectivity index (χ1v) is 8.09. The summed E-state index contributed by atoms with van der Waals surface area (Å²) in [6, 6.07) is 3.89. The van der Waals surface area contributed by atoms with E-state index in [1.807, 2.05) is 0 Å². The third-order valence-corrected chi connectivity index (χ3v) is 4.37. The van der Waals surface area contributed by atoms with Gasteiger partial charge in [0.2, 0.25) is 0 Å². The highest BCUT2D eigenvalue weighted by atomic mass is 35.5. The predicted octanol–water partition coefficient (Wildman–Crippen LogP) is 4.15. The zero-order chi connectivity index (χ0) is 17.3. The molecule has 0 aliphatic carbocycles. The van der Waals surface area contributed by atoms with E-state index in [1.54, 1.807) is 18.5 Å². The van der Waals surface area contributed by atoms with Gasteiger partial charge in [-0.05, 0) is 25.1 Å². The first kappa shape index (κ1) is 16.5. The van der Waals surface area contributed by atoms with Crippen LogP contribution in [0.5, 0.6) is 0 Å². The monoisotopic (exact) mass is 363 g/mol. The van der Waals surface area contributed by atoms with Gasteiger partial charge >= 0.3 is 5.97 Å². The van der Waals surface area contributed by atoms with Gasteiger partial charge < -0.3 is 4.74 Å². The number of ether oxygens (including phenoxy) is 1. The smallest absolute Gasteiger partial charge is 0.341 e. The molecule has 3 rings (SSSR count). The highest BCUT2D eigenvalue weighted by molar-refractivity contribution is 7.13. The zero-order valence-corrected chi connectivity index (χ0v) is 14.3. The van der Waals surface area contributed by atoms with E-state index < -0.39 is 11.8 Å². The molecule has 0 unspecified atom stereocenters. The van der Waals surface area contributed by atoms with E-state index in [-0.39, 0.29) is 16.3 Å². The number of aromatic nitrogens is 3. The second-order valence-corrected chi connectivity index (χ2v) is 6.11. The van der Waals surface area contributed by atoms with Gasteiger partial charge in [-0.15, -0.1) is 11.3 Å². The normalized spacial score (nSPS) is 10.7. The van der Waals surface area contributed by atoms with E-state index in [4.69, 9.17) is 16.3 Å². The lowest BCUT2D eigenvalue weighted by molar-refractivity contribution is 0.0600. The maximum atomic E-state index is 13.4. The number of methoxy groups -OCH3 is 1. The number of carbonyl (C=O) groups is 1. The van der Waals surface area contributed by atoms with Crippen molar-refractivity contribution in [3.63, 3.8) is 0 Å². The van der Waals surface area contributed by atoms with Crippen LogP contribution >= 0.6 is 22.9 Å². The van der Waals surface area contributed by atoms with Crippen molar-refractivity contribution in [1.29, 1.82) is 0 Å². The van der Waals surface area contributed by atoms with Crippen molar-refractivity contribution in [3.8, 4) is 22.1 Å². The molecular formula is C16H11ClFN3O2S. The fourth-order valence-electron chi connectivity index (χ4n) is 2.23. The largest absolute Gasteiger partial charge is 0.465 e. The Kier molecular flexibility index (Phi) is 4.55. The lowest BCUT2D eigenvalue weighted by atomic mass is 10.0. The van der Waals surface area contributed by atoms with Gasteiger partial charge in [0.15, 0.2) is 10.8 Å². The van der Waals surface area contributed by atoms with Crippen LogP contribution < -0.4 is 0 Å². The molecule has 2 heterocycles. The Hall–Kier alpha value is -2.38. The highest BCUT2D eigenvalue weighted by Gasteiger charge is 2.23. The lowest BCUT2D eigenvalue weighted by Gasteiger charge is -2.12. The molecule has 5 nitrogen and oxygen atoms in total. The Bertz CT molecular complexity index is 916. The third-order valence-electron chi connectivity index (χ3n) is 3.29. The molecule has 0 amide bonds. The predicted molar refractivity (Wildman–Crippen MR) is 89.6 cm³/mol. The highest BCUT2D eigenvalue weighted by Crippen LogP contribution is 2.33. The molecule has 0 N–H and O–H groups in total. The fraction of sp³-hybridized carbons (Fsp3) is 0.125. The van der Waals surface area contributed by atoms with Gasteiger partial charge in [0.1, 0.15) is 11.4 Å². The molecule has 0 radical (unpaired) electrons. The Labute approximate surface area is 146 Å². The topological polar surface area (TPSA) is 65.0 Å². The van der Waals surface area contributed by atoms with Gasteiger partial charge in [0, 0.05) is 17.1 Å². The Morgan fingerprint density at radius 2 is 2.12 bits per heavy atom. The summed E-state index contributed by atoms with van der Waals surface area (Å²) in [7, 11) is 1.27. The molecule has 122 valence electrons. The number of benzene rings is 1. The first-order valence-electron chi connectivity index (χ1n) is 6.83. The van der Waals surface area contributed by atoms with Gasteiger partial charge in [-0.1, -0.05) is 11.6 Å². The van der Waals surface area contributed by atoms with Crippen molar-refractivity contribution in [3.05, 3.63) is 51.9 Å². The minimum atomic E-state index is -0.589. The molecular weight excluding hydrogens is 353 g/mol. The average Bonchev–Trinajstić information content (AvgIpc) is 3.08. The molecule has 8 heteroatoms. The van der Waals surface area contributed by atoms with Crippen molar-refractivity contribution >= 4 is 28.9 Å². The molecule has 0 saturated heterocycles. The minimum Gasteiger partial charge on any atom is -0.465 e. The van der Waals surface area contributed by atoms with Crippen molar-refractivity contribution in [1.82, 2.24) is 15.0 Å². The van der Waals surface area contributed by atoms with Crippen LogP contribution in [0, 0.1) is 12.7 Å². The fourth-order valence-corrected chi connectivity index (χ4v) is 3.05. The van der Waals surface area contributed by atoms with Crippen LogP contribution in [-0.4, -0.2) is 28.0 Å². The van der Waals surface area contributed by atoms with Crippen LogP contribution in [0.25, 0.3) is 22.1 Å². The summed E-state index contributed by atoms with van der Waals surface area (Å²) in [6.07, 6.45) is 1.64. The van der Waals surface area contributed by atoms with E-state index in [9.17, 15) is 9.18 Å². The first-order chi connectivity index (χ1) is 11.5. The molecule has 0 atom stereocenters. The third kappa shape index (κ3) is 3.00. The van der Waals surface area contributed by atoms with Crippen LogP contribution in [0.2, 0.25) is 5.02 Å². The summed E-state index contributed by atoms with van der Waals surface area (Å²) in [5, 5.41) is 2.55. The van der Waals surface area contributed by atoms with E-state index in [1.165, 1.54) is 36.6 Å². The van der Waals surface area contributed by atoms with E-state index in [0.717, 1.165) is 0 Å². The summed E-state index contributed by atoms with van der Waals surface area (Å²) >= 11 is 7.52. The number of aryl methyl sites for hydroxylation is 1. The molecule has 3 aromatic rings. The van der Waals surface area contributed by atoms with Crippen LogP contribution in [0.15, 0.2) is 29.8 Å². The molecule has 0 spiro atoms. The van der Waals surface area contributed by atoms with Crippen LogP contribution in [0.3, 0.4) is 0 Å². The zero-order valence-electron chi connectivity index (χ0n) is 12.7. The van der Waals surface area contributed by atoms with Crippen LogP contribution in [0.4, 0.5) is 4.39 Å². The molecule has 24 heavy (non-hydrogen) atoms. The quantitative estimate of drug-likeness (QED) is 0.654. The average molecular weight is 364 g/mol. The van der Waals surface area contributed by atoms with Crippen molar-refractivity contribution in [2.45, 2.75) is 6.92 Å². The van der Waals surface area contributed by atoms with Crippen LogP contribution in [0.1, 0.15) is 16.1 Å². The summed E-state index contributed by atoms with van der Waals surface area (Å²) in [6.45, 7) is 1.67. The van der Waals surface area contributed by atoms with Gasteiger partial charge in [-0.2, -0.15) is 0 Å². The van der Waals surface area contributed by atoms with Crippen molar-refractivity contribution < 1.29 is 13.9 Å². The van der Waals surface area contributed by atoms with Gasteiger partial charge in [0.05, 0.1) is 23.5 Å². The van der Waals surface area contributed by atoms with E-state index >= 15 is 0 Å². The van der Waals surface area contributed by atoms with Crippen molar-refractivity contribution in [2.75, 3.05) is 7.11 Å². The van der Waals surface area contributed by atoms with Gasteiger partial charge in [-0.25, -0.2) is 24.1 Å². The second kappa shape index (κ2) is 6.62.